The van der Waals surface area contributed by atoms with Crippen molar-refractivity contribution >= 4 is 22.6 Å². The van der Waals surface area contributed by atoms with E-state index in [4.69, 9.17) is 22.3 Å². The lowest BCUT2D eigenvalue weighted by Gasteiger charge is -2.33. The van der Waals surface area contributed by atoms with Crippen molar-refractivity contribution in [2.75, 3.05) is 0 Å². The van der Waals surface area contributed by atoms with Crippen LogP contribution in [0.15, 0.2) is 18.2 Å². The zero-order valence-corrected chi connectivity index (χ0v) is 12.8. The lowest BCUT2D eigenvalue weighted by atomic mass is 9.80. The highest BCUT2D eigenvalue weighted by atomic mass is 35.5. The summed E-state index contributed by atoms with van der Waals surface area (Å²) in [4.78, 5) is 4.78. The Kier molecular flexibility index (Phi) is 3.74. The SMILES string of the molecule is CCn1c(CC2(N)CCCCC2)nc2cccc(Cl)c21. The highest BCUT2D eigenvalue weighted by Crippen LogP contribution is 2.31. The lowest BCUT2D eigenvalue weighted by Crippen LogP contribution is -2.44. The van der Waals surface area contributed by atoms with Crippen LogP contribution in [-0.2, 0) is 13.0 Å². The maximum Gasteiger partial charge on any atom is 0.111 e. The number of nitrogens with zero attached hydrogens (tertiary/aromatic N) is 2. The van der Waals surface area contributed by atoms with Crippen LogP contribution in [0.4, 0.5) is 0 Å². The van der Waals surface area contributed by atoms with Crippen molar-refractivity contribution in [2.45, 2.75) is 57.5 Å². The number of rotatable bonds is 3. The Morgan fingerprint density at radius 3 is 2.75 bits per heavy atom. The van der Waals surface area contributed by atoms with E-state index in [9.17, 15) is 0 Å². The number of halogens is 1. The van der Waals surface area contributed by atoms with E-state index < -0.39 is 0 Å². The number of aryl methyl sites for hydroxylation is 1. The van der Waals surface area contributed by atoms with Crippen LogP contribution in [-0.4, -0.2) is 15.1 Å². The summed E-state index contributed by atoms with van der Waals surface area (Å²) in [5.74, 6) is 1.08. The molecule has 1 saturated carbocycles. The molecule has 0 radical (unpaired) electrons. The van der Waals surface area contributed by atoms with Gasteiger partial charge in [-0.2, -0.15) is 0 Å². The summed E-state index contributed by atoms with van der Waals surface area (Å²) in [6.07, 6.45) is 6.86. The van der Waals surface area contributed by atoms with Gasteiger partial charge in [-0.1, -0.05) is 36.9 Å². The van der Waals surface area contributed by atoms with Crippen molar-refractivity contribution < 1.29 is 0 Å². The second-order valence-electron chi connectivity index (χ2n) is 5.98. The molecule has 0 saturated heterocycles. The number of hydrogen-bond donors (Lipinski definition) is 1. The van der Waals surface area contributed by atoms with Gasteiger partial charge >= 0.3 is 0 Å². The van der Waals surface area contributed by atoms with Gasteiger partial charge in [-0.05, 0) is 31.9 Å². The summed E-state index contributed by atoms with van der Waals surface area (Å²) in [7, 11) is 0. The third-order valence-corrected chi connectivity index (χ3v) is 4.78. The van der Waals surface area contributed by atoms with Gasteiger partial charge in [-0.3, -0.25) is 0 Å². The molecule has 1 fully saturated rings. The second kappa shape index (κ2) is 5.38. The van der Waals surface area contributed by atoms with Crippen LogP contribution >= 0.6 is 11.6 Å². The average molecular weight is 292 g/mol. The smallest absolute Gasteiger partial charge is 0.111 e. The van der Waals surface area contributed by atoms with Gasteiger partial charge in [0.2, 0.25) is 0 Å². The molecule has 1 heterocycles. The minimum absolute atomic E-state index is 0.0843. The first kappa shape index (κ1) is 13.9. The van der Waals surface area contributed by atoms with E-state index in [-0.39, 0.29) is 5.54 Å². The maximum atomic E-state index is 6.59. The second-order valence-corrected chi connectivity index (χ2v) is 6.39. The Hall–Kier alpha value is -1.06. The predicted molar refractivity (Wildman–Crippen MR) is 84.1 cm³/mol. The molecule has 108 valence electrons. The Bertz CT molecular complexity index is 611. The topological polar surface area (TPSA) is 43.8 Å². The molecule has 0 atom stereocenters. The Morgan fingerprint density at radius 1 is 1.30 bits per heavy atom. The van der Waals surface area contributed by atoms with Crippen LogP contribution in [0.2, 0.25) is 5.02 Å². The van der Waals surface area contributed by atoms with Gasteiger partial charge in [0.25, 0.3) is 0 Å². The number of benzene rings is 1. The van der Waals surface area contributed by atoms with Crippen LogP contribution < -0.4 is 5.73 Å². The molecular weight excluding hydrogens is 270 g/mol. The highest BCUT2D eigenvalue weighted by molar-refractivity contribution is 6.35. The van der Waals surface area contributed by atoms with Crippen molar-refractivity contribution in [3.8, 4) is 0 Å². The number of fused-ring (bicyclic) bond motifs is 1. The Balaban J connectivity index is 2.01. The van der Waals surface area contributed by atoms with Crippen molar-refractivity contribution in [3.05, 3.63) is 29.0 Å². The summed E-state index contributed by atoms with van der Waals surface area (Å²) < 4.78 is 2.22. The van der Waals surface area contributed by atoms with E-state index in [2.05, 4.69) is 11.5 Å². The summed E-state index contributed by atoms with van der Waals surface area (Å²) >= 11 is 6.34. The molecule has 4 heteroatoms. The molecule has 1 aliphatic rings. The summed E-state index contributed by atoms with van der Waals surface area (Å²) in [5.41, 5.74) is 8.53. The van der Waals surface area contributed by atoms with Crippen molar-refractivity contribution in [1.29, 1.82) is 0 Å². The normalized spacial score (nSPS) is 18.6. The molecule has 1 aliphatic carbocycles. The standard InChI is InChI=1S/C16H22ClN3/c1-2-20-14(11-16(18)9-4-3-5-10-16)19-13-8-6-7-12(17)15(13)20/h6-8H,2-5,9-11,18H2,1H3. The number of nitrogens with two attached hydrogens (primary N) is 1. The molecular formula is C16H22ClN3. The summed E-state index contributed by atoms with van der Waals surface area (Å²) in [5, 5.41) is 0.776. The van der Waals surface area contributed by atoms with E-state index in [0.29, 0.717) is 0 Å². The minimum Gasteiger partial charge on any atom is -0.327 e. The van der Waals surface area contributed by atoms with Crippen molar-refractivity contribution in [3.63, 3.8) is 0 Å². The fraction of sp³-hybridized carbons (Fsp3) is 0.562. The first-order chi connectivity index (χ1) is 9.63. The predicted octanol–water partition coefficient (Wildman–Crippen LogP) is 3.91. The molecule has 0 aliphatic heterocycles. The summed E-state index contributed by atoms with van der Waals surface area (Å²) in [6, 6.07) is 5.92. The Morgan fingerprint density at radius 2 is 2.05 bits per heavy atom. The molecule has 0 amide bonds. The molecule has 20 heavy (non-hydrogen) atoms. The van der Waals surface area contributed by atoms with Crippen molar-refractivity contribution in [1.82, 2.24) is 9.55 Å². The average Bonchev–Trinajstić information content (AvgIpc) is 2.77. The van der Waals surface area contributed by atoms with Crippen LogP contribution in [0.5, 0.6) is 0 Å². The first-order valence-corrected chi connectivity index (χ1v) is 7.93. The van der Waals surface area contributed by atoms with E-state index in [1.54, 1.807) is 0 Å². The zero-order chi connectivity index (χ0) is 14.2. The lowest BCUT2D eigenvalue weighted by molar-refractivity contribution is 0.287. The van der Waals surface area contributed by atoms with Crippen molar-refractivity contribution in [2.24, 2.45) is 5.73 Å². The van der Waals surface area contributed by atoms with Crippen LogP contribution in [0, 0.1) is 0 Å². The van der Waals surface area contributed by atoms with Crippen LogP contribution in [0.25, 0.3) is 11.0 Å². The van der Waals surface area contributed by atoms with Crippen LogP contribution in [0.3, 0.4) is 0 Å². The molecule has 3 rings (SSSR count). The molecule has 2 N–H and O–H groups in total. The third-order valence-electron chi connectivity index (χ3n) is 4.47. The van der Waals surface area contributed by atoms with Gasteiger partial charge in [-0.15, -0.1) is 0 Å². The molecule has 1 aromatic heterocycles. The van der Waals surface area contributed by atoms with Gasteiger partial charge in [-0.25, -0.2) is 4.98 Å². The van der Waals surface area contributed by atoms with E-state index in [1.807, 2.05) is 18.2 Å². The van der Waals surface area contributed by atoms with Gasteiger partial charge in [0.1, 0.15) is 5.82 Å². The maximum absolute atomic E-state index is 6.59. The van der Waals surface area contributed by atoms with Gasteiger partial charge < -0.3 is 10.3 Å². The number of aromatic nitrogens is 2. The van der Waals surface area contributed by atoms with Gasteiger partial charge in [0.15, 0.2) is 0 Å². The first-order valence-electron chi connectivity index (χ1n) is 7.55. The molecule has 0 spiro atoms. The highest BCUT2D eigenvalue weighted by Gasteiger charge is 2.30. The fourth-order valence-corrected chi connectivity index (χ4v) is 3.68. The largest absolute Gasteiger partial charge is 0.327 e. The van der Waals surface area contributed by atoms with Gasteiger partial charge in [0, 0.05) is 18.5 Å². The molecule has 1 aromatic carbocycles. The van der Waals surface area contributed by atoms with Gasteiger partial charge in [0.05, 0.1) is 16.1 Å². The van der Waals surface area contributed by atoms with Crippen LogP contribution in [0.1, 0.15) is 44.9 Å². The van der Waals surface area contributed by atoms with E-state index >= 15 is 0 Å². The number of imidazole rings is 1. The molecule has 0 unspecified atom stereocenters. The monoisotopic (exact) mass is 291 g/mol. The quantitative estimate of drug-likeness (QED) is 0.931. The fourth-order valence-electron chi connectivity index (χ4n) is 3.41. The number of hydrogen-bond acceptors (Lipinski definition) is 2. The third kappa shape index (κ3) is 2.45. The van der Waals surface area contributed by atoms with E-state index in [0.717, 1.165) is 47.7 Å². The van der Waals surface area contributed by atoms with E-state index in [1.165, 1.54) is 19.3 Å². The minimum atomic E-state index is -0.0843. The Labute approximate surface area is 125 Å². The zero-order valence-electron chi connectivity index (χ0n) is 12.0. The summed E-state index contributed by atoms with van der Waals surface area (Å²) in [6.45, 7) is 3.02. The molecule has 2 aromatic rings. The molecule has 3 nitrogen and oxygen atoms in total. The number of para-hydroxylation sites is 1. The molecule has 0 bridgehead atoms.